The summed E-state index contributed by atoms with van der Waals surface area (Å²) in [5, 5.41) is 9.18. The minimum atomic E-state index is -0.851. The summed E-state index contributed by atoms with van der Waals surface area (Å²) in [6, 6.07) is 7.73. The van der Waals surface area contributed by atoms with E-state index in [2.05, 4.69) is 0 Å². The first-order chi connectivity index (χ1) is 12.0. The zero-order valence-electron chi connectivity index (χ0n) is 14.2. The predicted octanol–water partition coefficient (Wildman–Crippen LogP) is 2.08. The molecule has 2 atom stereocenters. The number of aliphatic carboxylic acids is 1. The number of carboxylic acid groups (broad SMARTS) is 1. The second-order valence-corrected chi connectivity index (χ2v) is 7.44. The van der Waals surface area contributed by atoms with Crippen LogP contribution in [0.5, 0.6) is 0 Å². The highest BCUT2D eigenvalue weighted by atomic mass is 32.2. The average Bonchev–Trinajstić information content (AvgIpc) is 3.03. The van der Waals surface area contributed by atoms with Crippen molar-refractivity contribution in [3.63, 3.8) is 0 Å². The van der Waals surface area contributed by atoms with Crippen molar-refractivity contribution in [3.8, 4) is 0 Å². The molecule has 2 heterocycles. The van der Waals surface area contributed by atoms with Crippen LogP contribution in [0.15, 0.2) is 29.2 Å². The number of hydrogen-bond acceptors (Lipinski definition) is 4. The van der Waals surface area contributed by atoms with Crippen molar-refractivity contribution in [2.24, 2.45) is 11.8 Å². The Kier molecular flexibility index (Phi) is 5.32. The van der Waals surface area contributed by atoms with Gasteiger partial charge in [0.25, 0.3) is 0 Å². The smallest absolute Gasteiger partial charge is 0.308 e. The standard InChI is InChI=1S/C18H22N2O4S/c1-25-15-6-4-14(5-7-15)20-11-13(9-16(20)21)17(22)19-8-2-3-12(10-19)18(23)24/h4-7,12-13H,2-3,8-11H2,1H3,(H,23,24)/t12-,13?/m0/s1. The first-order valence-corrected chi connectivity index (χ1v) is 9.68. The molecule has 2 saturated heterocycles. The molecule has 134 valence electrons. The number of nitrogens with zero attached hydrogens (tertiary/aromatic N) is 2. The third kappa shape index (κ3) is 3.81. The van der Waals surface area contributed by atoms with E-state index in [0.29, 0.717) is 25.9 Å². The Hall–Kier alpha value is -2.02. The lowest BCUT2D eigenvalue weighted by molar-refractivity contribution is -0.146. The van der Waals surface area contributed by atoms with Crippen molar-refractivity contribution in [2.75, 3.05) is 30.8 Å². The summed E-state index contributed by atoms with van der Waals surface area (Å²) in [5.74, 6) is -1.88. The van der Waals surface area contributed by atoms with Gasteiger partial charge in [-0.2, -0.15) is 0 Å². The van der Waals surface area contributed by atoms with Crippen molar-refractivity contribution in [1.29, 1.82) is 0 Å². The lowest BCUT2D eigenvalue weighted by Gasteiger charge is -2.32. The number of likely N-dealkylation sites (tertiary alicyclic amines) is 1. The van der Waals surface area contributed by atoms with E-state index < -0.39 is 11.9 Å². The fraction of sp³-hybridized carbons (Fsp3) is 0.500. The van der Waals surface area contributed by atoms with Gasteiger partial charge in [-0.15, -0.1) is 11.8 Å². The van der Waals surface area contributed by atoms with E-state index in [9.17, 15) is 19.5 Å². The van der Waals surface area contributed by atoms with Gasteiger partial charge in [0.2, 0.25) is 11.8 Å². The molecule has 0 radical (unpaired) electrons. The van der Waals surface area contributed by atoms with E-state index >= 15 is 0 Å². The number of amides is 2. The number of carbonyl (C=O) groups excluding carboxylic acids is 2. The maximum Gasteiger partial charge on any atom is 0.308 e. The van der Waals surface area contributed by atoms with Crippen LogP contribution < -0.4 is 4.90 Å². The lowest BCUT2D eigenvalue weighted by atomic mass is 9.96. The summed E-state index contributed by atoms with van der Waals surface area (Å²) >= 11 is 1.64. The minimum absolute atomic E-state index is 0.0537. The SMILES string of the molecule is CSc1ccc(N2CC(C(=O)N3CCC[C@H](C(=O)O)C3)CC2=O)cc1. The minimum Gasteiger partial charge on any atom is -0.481 e. The van der Waals surface area contributed by atoms with Crippen LogP contribution in [0.3, 0.4) is 0 Å². The van der Waals surface area contributed by atoms with Crippen LogP contribution in [0, 0.1) is 11.8 Å². The van der Waals surface area contributed by atoms with E-state index in [4.69, 9.17) is 0 Å². The highest BCUT2D eigenvalue weighted by molar-refractivity contribution is 7.98. The topological polar surface area (TPSA) is 77.9 Å². The van der Waals surface area contributed by atoms with Crippen molar-refractivity contribution in [1.82, 2.24) is 4.90 Å². The van der Waals surface area contributed by atoms with Crippen molar-refractivity contribution in [2.45, 2.75) is 24.2 Å². The van der Waals surface area contributed by atoms with Crippen molar-refractivity contribution < 1.29 is 19.5 Å². The molecule has 6 nitrogen and oxygen atoms in total. The molecule has 7 heteroatoms. The van der Waals surface area contributed by atoms with Crippen molar-refractivity contribution in [3.05, 3.63) is 24.3 Å². The molecular weight excluding hydrogens is 340 g/mol. The van der Waals surface area contributed by atoms with Gasteiger partial charge in [-0.3, -0.25) is 14.4 Å². The number of thioether (sulfide) groups is 1. The Balaban J connectivity index is 1.66. The molecule has 0 saturated carbocycles. The van der Waals surface area contributed by atoms with E-state index in [1.165, 1.54) is 0 Å². The van der Waals surface area contributed by atoms with Crippen molar-refractivity contribution >= 4 is 35.2 Å². The fourth-order valence-electron chi connectivity index (χ4n) is 3.52. The third-order valence-electron chi connectivity index (χ3n) is 4.94. The highest BCUT2D eigenvalue weighted by Gasteiger charge is 2.39. The van der Waals surface area contributed by atoms with Gasteiger partial charge in [0.15, 0.2) is 0 Å². The molecule has 0 bridgehead atoms. The maximum atomic E-state index is 12.7. The normalized spacial score (nSPS) is 23.8. The van der Waals surface area contributed by atoms with Gasteiger partial charge in [0.05, 0.1) is 11.8 Å². The van der Waals surface area contributed by atoms with Crippen LogP contribution in [0.4, 0.5) is 5.69 Å². The Morgan fingerprint density at radius 1 is 1.16 bits per heavy atom. The van der Waals surface area contributed by atoms with Crippen LogP contribution >= 0.6 is 11.8 Å². The molecule has 3 rings (SSSR count). The van der Waals surface area contributed by atoms with Gasteiger partial charge in [0, 0.05) is 36.6 Å². The molecule has 1 aromatic rings. The summed E-state index contributed by atoms with van der Waals surface area (Å²) in [5.41, 5.74) is 0.806. The molecule has 2 fully saturated rings. The molecule has 0 aromatic heterocycles. The monoisotopic (exact) mass is 362 g/mol. The molecular formula is C18H22N2O4S. The molecule has 1 aromatic carbocycles. The predicted molar refractivity (Wildman–Crippen MR) is 95.6 cm³/mol. The van der Waals surface area contributed by atoms with E-state index in [0.717, 1.165) is 10.6 Å². The van der Waals surface area contributed by atoms with Crippen LogP contribution in [0.25, 0.3) is 0 Å². The maximum absolute atomic E-state index is 12.7. The van der Waals surface area contributed by atoms with Gasteiger partial charge in [0.1, 0.15) is 0 Å². The average molecular weight is 362 g/mol. The summed E-state index contributed by atoms with van der Waals surface area (Å²) in [6.07, 6.45) is 3.49. The Bertz CT molecular complexity index is 676. The summed E-state index contributed by atoms with van der Waals surface area (Å²) in [6.45, 7) is 1.20. The highest BCUT2D eigenvalue weighted by Crippen LogP contribution is 2.29. The second kappa shape index (κ2) is 7.47. The van der Waals surface area contributed by atoms with Gasteiger partial charge >= 0.3 is 5.97 Å². The number of carboxylic acids is 1. The Morgan fingerprint density at radius 3 is 2.52 bits per heavy atom. The molecule has 1 unspecified atom stereocenters. The number of hydrogen-bond donors (Lipinski definition) is 1. The Morgan fingerprint density at radius 2 is 1.88 bits per heavy atom. The van der Waals surface area contributed by atoms with E-state index in [1.54, 1.807) is 21.6 Å². The van der Waals surface area contributed by atoms with Gasteiger partial charge in [-0.25, -0.2) is 0 Å². The zero-order chi connectivity index (χ0) is 18.0. The molecule has 1 N–H and O–H groups in total. The van der Waals surface area contributed by atoms with Gasteiger partial charge < -0.3 is 14.9 Å². The summed E-state index contributed by atoms with van der Waals surface area (Å²) in [4.78, 5) is 40.7. The van der Waals surface area contributed by atoms with Crippen LogP contribution in [-0.2, 0) is 14.4 Å². The lowest BCUT2D eigenvalue weighted by Crippen LogP contribution is -2.45. The van der Waals surface area contributed by atoms with Crippen LogP contribution in [0.2, 0.25) is 0 Å². The number of rotatable bonds is 4. The number of piperidine rings is 1. The first kappa shape index (κ1) is 17.8. The number of carbonyl (C=O) groups is 3. The quantitative estimate of drug-likeness (QED) is 0.830. The third-order valence-corrected chi connectivity index (χ3v) is 5.68. The van der Waals surface area contributed by atoms with Crippen LogP contribution in [0.1, 0.15) is 19.3 Å². The molecule has 0 spiro atoms. The summed E-state index contributed by atoms with van der Waals surface area (Å²) in [7, 11) is 0. The molecule has 2 aliphatic heterocycles. The first-order valence-electron chi connectivity index (χ1n) is 8.45. The number of anilines is 1. The van der Waals surface area contributed by atoms with Crippen LogP contribution in [-0.4, -0.2) is 53.7 Å². The molecule has 2 aliphatic rings. The largest absolute Gasteiger partial charge is 0.481 e. The molecule has 25 heavy (non-hydrogen) atoms. The van der Waals surface area contributed by atoms with E-state index in [1.807, 2.05) is 30.5 Å². The fourth-order valence-corrected chi connectivity index (χ4v) is 3.93. The second-order valence-electron chi connectivity index (χ2n) is 6.57. The van der Waals surface area contributed by atoms with Gasteiger partial charge in [-0.1, -0.05) is 0 Å². The Labute approximate surface area is 151 Å². The molecule has 2 amide bonds. The summed E-state index contributed by atoms with van der Waals surface area (Å²) < 4.78 is 0. The zero-order valence-corrected chi connectivity index (χ0v) is 15.0. The molecule has 0 aliphatic carbocycles. The van der Waals surface area contributed by atoms with Gasteiger partial charge in [-0.05, 0) is 43.4 Å². The number of benzene rings is 1. The van der Waals surface area contributed by atoms with E-state index in [-0.39, 0.29) is 30.7 Å².